The van der Waals surface area contributed by atoms with E-state index in [4.69, 9.17) is 10.5 Å². The molecule has 2 heterocycles. The van der Waals surface area contributed by atoms with Gasteiger partial charge in [-0.3, -0.25) is 14.4 Å². The smallest absolute Gasteiger partial charge is 0.265 e. The van der Waals surface area contributed by atoms with Crippen molar-refractivity contribution in [3.05, 3.63) is 23.8 Å². The first-order valence-corrected chi connectivity index (χ1v) is 8.57. The number of ketones is 1. The summed E-state index contributed by atoms with van der Waals surface area (Å²) in [6.45, 7) is 4.43. The molecule has 0 radical (unpaired) electrons. The van der Waals surface area contributed by atoms with E-state index in [0.717, 1.165) is 0 Å². The number of fused-ring (bicyclic) bond motifs is 1. The Bertz CT molecular complexity index is 708. The van der Waals surface area contributed by atoms with Gasteiger partial charge in [0.25, 0.3) is 5.91 Å². The number of amides is 2. The number of nitrogens with zero attached hydrogens (tertiary/aromatic N) is 1. The number of hydrogen-bond acceptors (Lipinski definition) is 5. The number of piperidine rings is 1. The Morgan fingerprint density at radius 3 is 2.64 bits per heavy atom. The second kappa shape index (κ2) is 6.84. The van der Waals surface area contributed by atoms with Crippen LogP contribution < -0.4 is 15.8 Å². The van der Waals surface area contributed by atoms with E-state index in [0.29, 0.717) is 42.9 Å². The Morgan fingerprint density at radius 2 is 2.00 bits per heavy atom. The summed E-state index contributed by atoms with van der Waals surface area (Å²) in [5, 5.41) is 2.76. The lowest BCUT2D eigenvalue weighted by atomic mass is 9.88. The number of Topliss-reactive ketones (excluding diaryl/α,β-unsaturated/α-hetero) is 1. The van der Waals surface area contributed by atoms with Crippen molar-refractivity contribution in [2.45, 2.75) is 38.8 Å². The Kier molecular flexibility index (Phi) is 4.76. The standard InChI is InChI=1S/C18H23N3O4/c1-10(19)18(24)21-7-5-12(6-8-21)16(22)13-3-4-15-14(9-13)20-17(23)11(2)25-15/h3-4,9-12H,5-8,19H2,1-2H3,(H,20,23)/t10-,11?/m0/s1. The molecule has 1 unspecified atom stereocenters. The molecule has 25 heavy (non-hydrogen) atoms. The molecule has 0 saturated carbocycles. The molecule has 2 amide bonds. The van der Waals surface area contributed by atoms with Crippen LogP contribution in [0.3, 0.4) is 0 Å². The van der Waals surface area contributed by atoms with Crippen LogP contribution in [-0.2, 0) is 9.59 Å². The predicted molar refractivity (Wildman–Crippen MR) is 92.4 cm³/mol. The third kappa shape index (κ3) is 3.51. The van der Waals surface area contributed by atoms with Gasteiger partial charge in [-0.15, -0.1) is 0 Å². The third-order valence-corrected chi connectivity index (χ3v) is 4.76. The number of rotatable bonds is 3. The van der Waals surface area contributed by atoms with Crippen LogP contribution in [0, 0.1) is 5.92 Å². The summed E-state index contributed by atoms with van der Waals surface area (Å²) in [6.07, 6.45) is 0.698. The zero-order valence-corrected chi connectivity index (χ0v) is 14.5. The molecule has 0 aliphatic carbocycles. The molecule has 2 aliphatic heterocycles. The van der Waals surface area contributed by atoms with E-state index in [1.54, 1.807) is 36.9 Å². The molecule has 0 spiro atoms. The minimum Gasteiger partial charge on any atom is -0.479 e. The average molecular weight is 345 g/mol. The number of hydrogen-bond donors (Lipinski definition) is 2. The zero-order valence-electron chi connectivity index (χ0n) is 14.5. The second-order valence-electron chi connectivity index (χ2n) is 6.71. The molecule has 1 saturated heterocycles. The summed E-state index contributed by atoms with van der Waals surface area (Å²) in [6, 6.07) is 4.60. The van der Waals surface area contributed by atoms with Crippen LogP contribution in [0.15, 0.2) is 18.2 Å². The van der Waals surface area contributed by atoms with Crippen molar-refractivity contribution in [3.63, 3.8) is 0 Å². The minimum atomic E-state index is -0.541. The van der Waals surface area contributed by atoms with Crippen LogP contribution in [0.5, 0.6) is 5.75 Å². The second-order valence-corrected chi connectivity index (χ2v) is 6.71. The first-order valence-electron chi connectivity index (χ1n) is 8.57. The van der Waals surface area contributed by atoms with Crippen LogP contribution in [-0.4, -0.2) is 47.7 Å². The third-order valence-electron chi connectivity index (χ3n) is 4.76. The van der Waals surface area contributed by atoms with E-state index in [1.165, 1.54) is 0 Å². The highest BCUT2D eigenvalue weighted by molar-refractivity contribution is 6.02. The Morgan fingerprint density at radius 1 is 1.32 bits per heavy atom. The van der Waals surface area contributed by atoms with Gasteiger partial charge in [-0.2, -0.15) is 0 Å². The number of nitrogens with two attached hydrogens (primary N) is 1. The highest BCUT2D eigenvalue weighted by Crippen LogP contribution is 2.32. The molecule has 1 aromatic rings. The molecule has 2 aliphatic rings. The molecule has 7 heteroatoms. The lowest BCUT2D eigenvalue weighted by molar-refractivity contribution is -0.133. The molecule has 1 aromatic carbocycles. The molecule has 2 atom stereocenters. The summed E-state index contributed by atoms with van der Waals surface area (Å²) >= 11 is 0. The largest absolute Gasteiger partial charge is 0.479 e. The summed E-state index contributed by atoms with van der Waals surface area (Å²) in [5.41, 5.74) is 6.71. The van der Waals surface area contributed by atoms with E-state index in [-0.39, 0.29) is 23.5 Å². The number of carbonyl (C=O) groups is 3. The first-order chi connectivity index (χ1) is 11.9. The molecule has 0 aromatic heterocycles. The van der Waals surface area contributed by atoms with Crippen molar-refractivity contribution < 1.29 is 19.1 Å². The van der Waals surface area contributed by atoms with Crippen LogP contribution in [0.1, 0.15) is 37.0 Å². The maximum atomic E-state index is 12.8. The van der Waals surface area contributed by atoms with Gasteiger partial charge in [-0.05, 0) is 44.9 Å². The van der Waals surface area contributed by atoms with Gasteiger partial charge in [0, 0.05) is 24.6 Å². The molecule has 3 rings (SSSR count). The van der Waals surface area contributed by atoms with Gasteiger partial charge in [0.15, 0.2) is 11.9 Å². The summed E-state index contributed by atoms with van der Waals surface area (Å²) in [7, 11) is 0. The Balaban J connectivity index is 1.68. The summed E-state index contributed by atoms with van der Waals surface area (Å²) in [4.78, 5) is 38.1. The van der Waals surface area contributed by atoms with Crippen LogP contribution in [0.4, 0.5) is 5.69 Å². The highest BCUT2D eigenvalue weighted by Gasteiger charge is 2.30. The van der Waals surface area contributed by atoms with Gasteiger partial charge in [0.2, 0.25) is 5.91 Å². The number of likely N-dealkylation sites (tertiary alicyclic amines) is 1. The fraction of sp³-hybridized carbons (Fsp3) is 0.500. The molecule has 3 N–H and O–H groups in total. The van der Waals surface area contributed by atoms with E-state index >= 15 is 0 Å². The SMILES string of the molecule is CC1Oc2ccc(C(=O)C3CCN(C(=O)[C@H](C)N)CC3)cc2NC1=O. The van der Waals surface area contributed by atoms with Gasteiger partial charge in [-0.1, -0.05) is 0 Å². The Labute approximate surface area is 146 Å². The van der Waals surface area contributed by atoms with Crippen LogP contribution in [0.25, 0.3) is 0 Å². The molecular formula is C18H23N3O4. The van der Waals surface area contributed by atoms with Crippen molar-refractivity contribution in [2.75, 3.05) is 18.4 Å². The summed E-state index contributed by atoms with van der Waals surface area (Å²) < 4.78 is 5.51. The van der Waals surface area contributed by atoms with Gasteiger partial charge in [0.05, 0.1) is 11.7 Å². The zero-order chi connectivity index (χ0) is 18.1. The monoisotopic (exact) mass is 345 g/mol. The Hall–Kier alpha value is -2.41. The van der Waals surface area contributed by atoms with Crippen molar-refractivity contribution in [1.29, 1.82) is 0 Å². The van der Waals surface area contributed by atoms with Gasteiger partial charge < -0.3 is 20.7 Å². The van der Waals surface area contributed by atoms with Crippen molar-refractivity contribution >= 4 is 23.3 Å². The van der Waals surface area contributed by atoms with Crippen LogP contribution in [0.2, 0.25) is 0 Å². The molecule has 1 fully saturated rings. The van der Waals surface area contributed by atoms with Gasteiger partial charge in [0.1, 0.15) is 5.75 Å². The molecule has 134 valence electrons. The van der Waals surface area contributed by atoms with E-state index < -0.39 is 12.1 Å². The fourth-order valence-electron chi connectivity index (χ4n) is 3.25. The van der Waals surface area contributed by atoms with E-state index in [2.05, 4.69) is 5.32 Å². The van der Waals surface area contributed by atoms with E-state index in [1.807, 2.05) is 0 Å². The predicted octanol–water partition coefficient (Wildman–Crippen LogP) is 1.17. The van der Waals surface area contributed by atoms with Gasteiger partial charge >= 0.3 is 0 Å². The minimum absolute atomic E-state index is 0.0311. The normalized spacial score (nSPS) is 21.8. The van der Waals surface area contributed by atoms with Crippen molar-refractivity contribution in [2.24, 2.45) is 11.7 Å². The van der Waals surface area contributed by atoms with Crippen LogP contribution >= 0.6 is 0 Å². The fourth-order valence-corrected chi connectivity index (χ4v) is 3.25. The number of anilines is 1. The first kappa shape index (κ1) is 17.4. The van der Waals surface area contributed by atoms with Crippen molar-refractivity contribution in [3.8, 4) is 5.75 Å². The number of nitrogens with one attached hydrogen (secondary N) is 1. The van der Waals surface area contributed by atoms with Gasteiger partial charge in [-0.25, -0.2) is 0 Å². The lowest BCUT2D eigenvalue weighted by Gasteiger charge is -2.32. The average Bonchev–Trinajstić information content (AvgIpc) is 2.61. The highest BCUT2D eigenvalue weighted by atomic mass is 16.5. The quantitative estimate of drug-likeness (QED) is 0.801. The maximum absolute atomic E-state index is 12.8. The molecule has 0 bridgehead atoms. The topological polar surface area (TPSA) is 102 Å². The van der Waals surface area contributed by atoms with Crippen molar-refractivity contribution in [1.82, 2.24) is 4.90 Å². The summed E-state index contributed by atoms with van der Waals surface area (Å²) in [5.74, 6) is 0.173. The molecular weight excluding hydrogens is 322 g/mol. The van der Waals surface area contributed by atoms with E-state index in [9.17, 15) is 14.4 Å². The number of carbonyl (C=O) groups excluding carboxylic acids is 3. The maximum Gasteiger partial charge on any atom is 0.265 e. The number of benzene rings is 1. The molecule has 7 nitrogen and oxygen atoms in total. The lowest BCUT2D eigenvalue weighted by Crippen LogP contribution is -2.46. The number of ether oxygens (including phenoxy) is 1.